The largest absolute Gasteiger partial charge is 0.454 e. The summed E-state index contributed by atoms with van der Waals surface area (Å²) in [4.78, 5) is 25.0. The second-order valence-electron chi connectivity index (χ2n) is 6.63. The molecule has 1 aliphatic rings. The summed E-state index contributed by atoms with van der Waals surface area (Å²) in [5.41, 5.74) is 3.58. The number of esters is 1. The Morgan fingerprint density at radius 2 is 1.96 bits per heavy atom. The van der Waals surface area contributed by atoms with E-state index < -0.39 is 0 Å². The quantitative estimate of drug-likeness (QED) is 0.726. The first-order valence-electron chi connectivity index (χ1n) is 8.72. The summed E-state index contributed by atoms with van der Waals surface area (Å²) in [5, 5.41) is 7.08. The average Bonchev–Trinajstić information content (AvgIpc) is 2.98. The van der Waals surface area contributed by atoms with Crippen molar-refractivity contribution in [2.75, 3.05) is 5.32 Å². The van der Waals surface area contributed by atoms with Gasteiger partial charge >= 0.3 is 5.97 Å². The first-order chi connectivity index (χ1) is 13.0. The van der Waals surface area contributed by atoms with Gasteiger partial charge in [-0.25, -0.2) is 4.79 Å². The van der Waals surface area contributed by atoms with Crippen molar-refractivity contribution in [2.45, 2.75) is 19.4 Å². The van der Waals surface area contributed by atoms with Gasteiger partial charge in [-0.15, -0.1) is 0 Å². The molecule has 0 spiro atoms. The molecule has 1 N–H and O–H groups in total. The Morgan fingerprint density at radius 1 is 1.19 bits per heavy atom. The Kier molecular flexibility index (Phi) is 4.24. The fraction of sp³-hybridized carbons (Fsp3) is 0.190. The van der Waals surface area contributed by atoms with Gasteiger partial charge in [0.1, 0.15) is 11.9 Å². The van der Waals surface area contributed by atoms with E-state index in [2.05, 4.69) is 10.4 Å². The number of carbonyl (C=O) groups is 2. The highest BCUT2D eigenvalue weighted by Crippen LogP contribution is 2.31. The Balaban J connectivity index is 1.60. The van der Waals surface area contributed by atoms with Crippen LogP contribution in [0.2, 0.25) is 0 Å². The van der Waals surface area contributed by atoms with Crippen molar-refractivity contribution in [3.05, 3.63) is 82.5 Å². The van der Waals surface area contributed by atoms with E-state index in [9.17, 15) is 9.59 Å². The molecule has 6 heteroatoms. The number of carbonyl (C=O) groups excluding carboxylic acids is 2. The molecule has 6 nitrogen and oxygen atoms in total. The molecule has 0 aliphatic carbocycles. The highest BCUT2D eigenvalue weighted by Gasteiger charge is 2.28. The third-order valence-electron chi connectivity index (χ3n) is 4.66. The van der Waals surface area contributed by atoms with Gasteiger partial charge in [0.25, 0.3) is 5.91 Å². The van der Waals surface area contributed by atoms with Crippen molar-refractivity contribution in [1.29, 1.82) is 0 Å². The van der Waals surface area contributed by atoms with E-state index in [4.69, 9.17) is 4.74 Å². The molecule has 4 rings (SSSR count). The summed E-state index contributed by atoms with van der Waals surface area (Å²) >= 11 is 0. The highest BCUT2D eigenvalue weighted by molar-refractivity contribution is 6.05. The van der Waals surface area contributed by atoms with Gasteiger partial charge in [-0.2, -0.15) is 5.10 Å². The van der Waals surface area contributed by atoms with Crippen molar-refractivity contribution in [1.82, 2.24) is 9.78 Å². The molecule has 0 saturated carbocycles. The Morgan fingerprint density at radius 3 is 2.67 bits per heavy atom. The minimum atomic E-state index is -0.362. The number of amides is 1. The third-order valence-corrected chi connectivity index (χ3v) is 4.66. The van der Waals surface area contributed by atoms with Crippen molar-refractivity contribution in [2.24, 2.45) is 7.05 Å². The summed E-state index contributed by atoms with van der Waals surface area (Å²) in [6.07, 6.45) is 0.195. The lowest BCUT2D eigenvalue weighted by atomic mass is 9.93. The Hall–Kier alpha value is -3.41. The number of aryl methyl sites for hydroxylation is 2. The maximum absolute atomic E-state index is 12.6. The molecule has 2 heterocycles. The fourth-order valence-corrected chi connectivity index (χ4v) is 3.31. The number of nitrogens with one attached hydrogen (secondary N) is 1. The number of fused-ring (bicyclic) bond motifs is 1. The predicted molar refractivity (Wildman–Crippen MR) is 101 cm³/mol. The molecule has 27 heavy (non-hydrogen) atoms. The second-order valence-corrected chi connectivity index (χ2v) is 6.63. The molecular formula is C21H19N3O3. The van der Waals surface area contributed by atoms with Gasteiger partial charge in [0, 0.05) is 25.1 Å². The van der Waals surface area contributed by atoms with E-state index in [1.165, 1.54) is 0 Å². The lowest BCUT2D eigenvalue weighted by Gasteiger charge is -2.25. The van der Waals surface area contributed by atoms with Crippen LogP contribution in [0.3, 0.4) is 0 Å². The lowest BCUT2D eigenvalue weighted by molar-refractivity contribution is 0.0252. The molecule has 3 aromatic rings. The topological polar surface area (TPSA) is 73.2 Å². The Labute approximate surface area is 156 Å². The standard InChI is InChI=1S/C21H19N3O3/c1-13-10-19(24(2)23-13)22-20(25)15-8-9-17-16(11-15)12-18(27-21(17)26)14-6-4-3-5-7-14/h3-11,18H,12H2,1-2H3,(H,22,25). The maximum atomic E-state index is 12.6. The van der Waals surface area contributed by atoms with Crippen LogP contribution in [0.1, 0.15) is 43.6 Å². The molecule has 1 atom stereocenters. The molecule has 1 aliphatic heterocycles. The van der Waals surface area contributed by atoms with E-state index in [0.29, 0.717) is 23.4 Å². The smallest absolute Gasteiger partial charge is 0.339 e. The number of ether oxygens (including phenoxy) is 1. The fourth-order valence-electron chi connectivity index (χ4n) is 3.31. The summed E-state index contributed by atoms with van der Waals surface area (Å²) < 4.78 is 7.18. The zero-order chi connectivity index (χ0) is 19.0. The van der Waals surface area contributed by atoms with Gasteiger partial charge < -0.3 is 10.1 Å². The van der Waals surface area contributed by atoms with Crippen LogP contribution in [-0.2, 0) is 18.2 Å². The normalized spacial score (nSPS) is 15.8. The van der Waals surface area contributed by atoms with Gasteiger partial charge in [-0.3, -0.25) is 9.48 Å². The summed E-state index contributed by atoms with van der Waals surface area (Å²) in [6, 6.07) is 16.5. The molecule has 136 valence electrons. The molecule has 0 bridgehead atoms. The Bertz CT molecular complexity index is 1020. The minimum Gasteiger partial charge on any atom is -0.454 e. The van der Waals surface area contributed by atoms with Crippen LogP contribution in [0, 0.1) is 6.92 Å². The number of benzene rings is 2. The van der Waals surface area contributed by atoms with E-state index in [1.54, 1.807) is 36.0 Å². The van der Waals surface area contributed by atoms with Gasteiger partial charge in [0.15, 0.2) is 0 Å². The van der Waals surface area contributed by atoms with Crippen molar-refractivity contribution in [3.8, 4) is 0 Å². The zero-order valence-electron chi connectivity index (χ0n) is 15.1. The van der Waals surface area contributed by atoms with Crippen LogP contribution in [0.25, 0.3) is 0 Å². The van der Waals surface area contributed by atoms with Gasteiger partial charge in [-0.05, 0) is 36.2 Å². The summed E-state index contributed by atoms with van der Waals surface area (Å²) in [7, 11) is 1.77. The maximum Gasteiger partial charge on any atom is 0.339 e. The number of anilines is 1. The first-order valence-corrected chi connectivity index (χ1v) is 8.72. The molecule has 0 fully saturated rings. The molecule has 0 saturated heterocycles. The SMILES string of the molecule is Cc1cc(NC(=O)c2ccc3c(c2)CC(c2ccccc2)OC3=O)n(C)n1. The molecular weight excluding hydrogens is 342 g/mol. The molecule has 2 aromatic carbocycles. The van der Waals surface area contributed by atoms with Gasteiger partial charge in [-0.1, -0.05) is 30.3 Å². The van der Waals surface area contributed by atoms with Crippen LogP contribution < -0.4 is 5.32 Å². The molecule has 1 unspecified atom stereocenters. The van der Waals surface area contributed by atoms with E-state index in [1.807, 2.05) is 37.3 Å². The van der Waals surface area contributed by atoms with Crippen molar-refractivity contribution >= 4 is 17.7 Å². The number of cyclic esters (lactones) is 1. The van der Waals surface area contributed by atoms with Crippen LogP contribution in [0.15, 0.2) is 54.6 Å². The number of aromatic nitrogens is 2. The number of hydrogen-bond acceptors (Lipinski definition) is 4. The third kappa shape index (κ3) is 3.33. The molecule has 0 radical (unpaired) electrons. The van der Waals surface area contributed by atoms with Crippen molar-refractivity contribution < 1.29 is 14.3 Å². The number of rotatable bonds is 3. The molecule has 1 aromatic heterocycles. The number of nitrogens with zero attached hydrogens (tertiary/aromatic N) is 2. The summed E-state index contributed by atoms with van der Waals surface area (Å²) in [5.74, 6) is 0.0205. The average molecular weight is 361 g/mol. The van der Waals surface area contributed by atoms with Crippen LogP contribution in [0.5, 0.6) is 0 Å². The molecule has 1 amide bonds. The van der Waals surface area contributed by atoms with Gasteiger partial charge in [0.2, 0.25) is 0 Å². The first kappa shape index (κ1) is 17.0. The van der Waals surface area contributed by atoms with E-state index in [0.717, 1.165) is 16.8 Å². The van der Waals surface area contributed by atoms with Crippen molar-refractivity contribution in [3.63, 3.8) is 0 Å². The minimum absolute atomic E-state index is 0.240. The zero-order valence-corrected chi connectivity index (χ0v) is 15.1. The lowest BCUT2D eigenvalue weighted by Crippen LogP contribution is -2.23. The van der Waals surface area contributed by atoms with Gasteiger partial charge in [0.05, 0.1) is 11.3 Å². The number of hydrogen-bond donors (Lipinski definition) is 1. The van der Waals surface area contributed by atoms with E-state index in [-0.39, 0.29) is 18.0 Å². The van der Waals surface area contributed by atoms with Crippen LogP contribution in [-0.4, -0.2) is 21.7 Å². The van der Waals surface area contributed by atoms with E-state index >= 15 is 0 Å². The second kappa shape index (κ2) is 6.72. The predicted octanol–water partition coefficient (Wildman–Crippen LogP) is 3.44. The monoisotopic (exact) mass is 361 g/mol. The summed E-state index contributed by atoms with van der Waals surface area (Å²) in [6.45, 7) is 1.86. The highest BCUT2D eigenvalue weighted by atomic mass is 16.5. The van der Waals surface area contributed by atoms with Crippen LogP contribution >= 0.6 is 0 Å². The van der Waals surface area contributed by atoms with Crippen LogP contribution in [0.4, 0.5) is 5.82 Å².